The summed E-state index contributed by atoms with van der Waals surface area (Å²) in [5, 5.41) is 6.95. The number of aromatic nitrogens is 1. The van der Waals surface area contributed by atoms with Crippen LogP contribution in [0.15, 0.2) is 18.3 Å². The molecule has 2 fully saturated rings. The van der Waals surface area contributed by atoms with E-state index in [0.717, 1.165) is 48.4 Å². The number of carbonyl (C=O) groups is 2. The van der Waals surface area contributed by atoms with E-state index in [2.05, 4.69) is 34.7 Å². The van der Waals surface area contributed by atoms with Crippen molar-refractivity contribution in [3.63, 3.8) is 0 Å². The van der Waals surface area contributed by atoms with E-state index in [1.54, 1.807) is 6.20 Å². The Morgan fingerprint density at radius 2 is 2.24 bits per heavy atom. The summed E-state index contributed by atoms with van der Waals surface area (Å²) in [6.07, 6.45) is 7.83. The van der Waals surface area contributed by atoms with Crippen LogP contribution in [0.2, 0.25) is 0 Å². The zero-order valence-electron chi connectivity index (χ0n) is 19.3. The van der Waals surface area contributed by atoms with Gasteiger partial charge in [0, 0.05) is 29.3 Å². The summed E-state index contributed by atoms with van der Waals surface area (Å²) in [4.78, 5) is 31.2. The first-order chi connectivity index (χ1) is 15.9. The Labute approximate surface area is 198 Å². The van der Waals surface area contributed by atoms with Gasteiger partial charge >= 0.3 is 0 Å². The summed E-state index contributed by atoms with van der Waals surface area (Å²) in [6.45, 7) is 4.74. The minimum Gasteiger partial charge on any atom is -0.471 e. The second-order valence-electron chi connectivity index (χ2n) is 10.6. The third kappa shape index (κ3) is 3.47. The molecule has 5 unspecified atom stereocenters. The van der Waals surface area contributed by atoms with Gasteiger partial charge in [-0.15, -0.1) is 11.3 Å². The summed E-state index contributed by atoms with van der Waals surface area (Å²) >= 11 is 1.50. The number of benzene rings is 1. The van der Waals surface area contributed by atoms with Gasteiger partial charge in [0.15, 0.2) is 11.9 Å². The molecule has 0 saturated heterocycles. The maximum atomic E-state index is 13.2. The van der Waals surface area contributed by atoms with Gasteiger partial charge < -0.3 is 15.4 Å². The average molecular weight is 466 g/mol. The first kappa shape index (κ1) is 21.1. The monoisotopic (exact) mass is 465 g/mol. The van der Waals surface area contributed by atoms with Gasteiger partial charge in [0.05, 0.1) is 5.69 Å². The van der Waals surface area contributed by atoms with E-state index in [-0.39, 0.29) is 17.2 Å². The van der Waals surface area contributed by atoms with E-state index in [9.17, 15) is 9.59 Å². The quantitative estimate of drug-likeness (QED) is 0.642. The van der Waals surface area contributed by atoms with E-state index < -0.39 is 0 Å². The molecule has 1 aromatic carbocycles. The number of Topliss-reactive ketones (excluding diaryl/α,β-unsaturated/α-hetero) is 1. The SMILES string of the molecule is Cc1cnc(NC(=O)CCC2CC(=O)C3(C)CCC4c5cc6c(cc5CCC4C23)OCN6)s1. The molecule has 2 N–H and O–H groups in total. The Morgan fingerprint density at radius 3 is 3.06 bits per heavy atom. The van der Waals surface area contributed by atoms with Crippen LogP contribution in [0.25, 0.3) is 0 Å². The minimum absolute atomic E-state index is 0.00777. The number of thiazole rings is 1. The molecule has 3 aliphatic carbocycles. The lowest BCUT2D eigenvalue weighted by Crippen LogP contribution is -2.44. The number of amides is 1. The highest BCUT2D eigenvalue weighted by Gasteiger charge is 2.58. The number of ether oxygens (including phenoxy) is 1. The van der Waals surface area contributed by atoms with Gasteiger partial charge in [0.2, 0.25) is 5.91 Å². The molecule has 1 amide bonds. The fourth-order valence-electron chi connectivity index (χ4n) is 7.28. The van der Waals surface area contributed by atoms with Gasteiger partial charge in [0.25, 0.3) is 0 Å². The number of aryl methyl sites for hydroxylation is 2. The molecule has 1 aromatic heterocycles. The number of nitrogens with one attached hydrogen (secondary N) is 2. The first-order valence-corrected chi connectivity index (χ1v) is 13.0. The van der Waals surface area contributed by atoms with E-state index in [1.165, 1.54) is 22.5 Å². The lowest BCUT2D eigenvalue weighted by atomic mass is 9.54. The van der Waals surface area contributed by atoms with Crippen LogP contribution in [0.4, 0.5) is 10.8 Å². The average Bonchev–Trinajstić information content (AvgIpc) is 3.48. The van der Waals surface area contributed by atoms with Crippen LogP contribution < -0.4 is 15.4 Å². The maximum Gasteiger partial charge on any atom is 0.226 e. The predicted molar refractivity (Wildman–Crippen MR) is 129 cm³/mol. The zero-order chi connectivity index (χ0) is 22.7. The highest BCUT2D eigenvalue weighted by Crippen LogP contribution is 2.62. The zero-order valence-corrected chi connectivity index (χ0v) is 20.1. The van der Waals surface area contributed by atoms with E-state index in [0.29, 0.717) is 48.2 Å². The molecule has 6 nitrogen and oxygen atoms in total. The Kier molecular flexibility index (Phi) is 5.02. The highest BCUT2D eigenvalue weighted by molar-refractivity contribution is 7.15. The van der Waals surface area contributed by atoms with E-state index >= 15 is 0 Å². The number of hydrogen-bond donors (Lipinski definition) is 2. The highest BCUT2D eigenvalue weighted by atomic mass is 32.1. The number of hydrogen-bond acceptors (Lipinski definition) is 6. The number of nitrogens with zero attached hydrogens (tertiary/aromatic N) is 1. The van der Waals surface area contributed by atoms with Crippen molar-refractivity contribution in [1.82, 2.24) is 4.98 Å². The molecule has 7 heteroatoms. The van der Waals surface area contributed by atoms with Crippen molar-refractivity contribution in [3.8, 4) is 5.75 Å². The van der Waals surface area contributed by atoms with Crippen molar-refractivity contribution in [1.29, 1.82) is 0 Å². The van der Waals surface area contributed by atoms with Crippen LogP contribution in [-0.4, -0.2) is 23.4 Å². The van der Waals surface area contributed by atoms with Crippen molar-refractivity contribution in [3.05, 3.63) is 34.3 Å². The molecule has 5 atom stereocenters. The molecule has 174 valence electrons. The molecule has 2 heterocycles. The van der Waals surface area contributed by atoms with Crippen molar-refractivity contribution < 1.29 is 14.3 Å². The lowest BCUT2D eigenvalue weighted by molar-refractivity contribution is -0.129. The molecule has 0 bridgehead atoms. The van der Waals surface area contributed by atoms with Crippen molar-refractivity contribution in [2.45, 2.75) is 64.7 Å². The Morgan fingerprint density at radius 1 is 1.36 bits per heavy atom. The molecule has 2 saturated carbocycles. The molecule has 1 aliphatic heterocycles. The summed E-state index contributed by atoms with van der Waals surface area (Å²) in [7, 11) is 0. The molecule has 4 aliphatic rings. The van der Waals surface area contributed by atoms with Crippen LogP contribution in [-0.2, 0) is 16.0 Å². The van der Waals surface area contributed by atoms with Gasteiger partial charge in [-0.2, -0.15) is 0 Å². The van der Waals surface area contributed by atoms with Crippen LogP contribution >= 0.6 is 11.3 Å². The van der Waals surface area contributed by atoms with E-state index in [4.69, 9.17) is 4.74 Å². The van der Waals surface area contributed by atoms with Gasteiger partial charge in [0.1, 0.15) is 11.5 Å². The molecule has 33 heavy (non-hydrogen) atoms. The normalized spacial score (nSPS) is 31.6. The third-order valence-corrected chi connectivity index (χ3v) is 9.60. The van der Waals surface area contributed by atoms with Crippen molar-refractivity contribution >= 4 is 33.8 Å². The minimum atomic E-state index is -0.232. The fourth-order valence-corrected chi connectivity index (χ4v) is 7.96. The van der Waals surface area contributed by atoms with Crippen molar-refractivity contribution in [2.75, 3.05) is 17.4 Å². The van der Waals surface area contributed by atoms with Crippen LogP contribution in [0.5, 0.6) is 5.75 Å². The number of ketones is 1. The van der Waals surface area contributed by atoms with Gasteiger partial charge in [-0.05, 0) is 86.0 Å². The van der Waals surface area contributed by atoms with Gasteiger partial charge in [-0.3, -0.25) is 9.59 Å². The van der Waals surface area contributed by atoms with Gasteiger partial charge in [-0.25, -0.2) is 4.98 Å². The number of anilines is 2. The predicted octanol–water partition coefficient (Wildman–Crippen LogP) is 5.28. The topological polar surface area (TPSA) is 80.3 Å². The van der Waals surface area contributed by atoms with Crippen LogP contribution in [0, 0.1) is 30.1 Å². The Hall–Kier alpha value is -2.41. The molecule has 0 radical (unpaired) electrons. The van der Waals surface area contributed by atoms with Gasteiger partial charge in [-0.1, -0.05) is 6.92 Å². The maximum absolute atomic E-state index is 13.2. The summed E-state index contributed by atoms with van der Waals surface area (Å²) in [5.41, 5.74) is 3.75. The second kappa shape index (κ2) is 7.83. The Balaban J connectivity index is 1.22. The van der Waals surface area contributed by atoms with Crippen molar-refractivity contribution in [2.24, 2.45) is 23.2 Å². The van der Waals surface area contributed by atoms with Crippen LogP contribution in [0.3, 0.4) is 0 Å². The summed E-state index contributed by atoms with van der Waals surface area (Å²) in [6, 6.07) is 4.54. The first-order valence-electron chi connectivity index (χ1n) is 12.2. The lowest BCUT2D eigenvalue weighted by Gasteiger charge is -2.50. The second-order valence-corrected chi connectivity index (χ2v) is 11.8. The van der Waals surface area contributed by atoms with E-state index in [1.807, 2.05) is 6.92 Å². The summed E-state index contributed by atoms with van der Waals surface area (Å²) in [5.74, 6) is 3.07. The molecular formula is C26H31N3O3S. The standard InChI is InChI=1S/C26H31N3O3S/c1-14-12-27-25(33-14)29-23(31)6-4-16-10-22(30)26(2)8-7-17-18(24(16)26)5-3-15-9-21-20(11-19(15)17)28-13-32-21/h9,11-12,16-18,24,28H,3-8,10,13H2,1-2H3,(H,27,29,31). The fraction of sp³-hybridized carbons (Fsp3) is 0.577. The molecule has 2 aromatic rings. The number of rotatable bonds is 4. The Bertz CT molecular complexity index is 1130. The number of carbonyl (C=O) groups excluding carboxylic acids is 2. The molecular weight excluding hydrogens is 434 g/mol. The molecule has 0 spiro atoms. The smallest absolute Gasteiger partial charge is 0.226 e. The molecule has 6 rings (SSSR count). The largest absolute Gasteiger partial charge is 0.471 e. The third-order valence-electron chi connectivity index (χ3n) is 8.77. The number of fused-ring (bicyclic) bond motifs is 6. The van der Waals surface area contributed by atoms with Crippen LogP contribution in [0.1, 0.15) is 67.4 Å². The summed E-state index contributed by atoms with van der Waals surface area (Å²) < 4.78 is 5.72.